The van der Waals surface area contributed by atoms with Crippen molar-refractivity contribution in [1.29, 1.82) is 0 Å². The summed E-state index contributed by atoms with van der Waals surface area (Å²) in [7, 11) is 3.68. The second kappa shape index (κ2) is 8.79. The van der Waals surface area contributed by atoms with Crippen LogP contribution >= 0.6 is 0 Å². The number of benzene rings is 2. The third kappa shape index (κ3) is 4.00. The molecule has 0 radical (unpaired) electrons. The molecule has 6 nitrogen and oxygen atoms in total. The Labute approximate surface area is 177 Å². The van der Waals surface area contributed by atoms with Crippen LogP contribution in [0.25, 0.3) is 6.08 Å². The van der Waals surface area contributed by atoms with Gasteiger partial charge in [-0.15, -0.1) is 0 Å². The number of fused-ring (bicyclic) bond motifs is 2. The minimum Gasteiger partial charge on any atom is -0.494 e. The summed E-state index contributed by atoms with van der Waals surface area (Å²) in [5, 5.41) is 0. The summed E-state index contributed by atoms with van der Waals surface area (Å²) < 4.78 is 22.4. The van der Waals surface area contributed by atoms with E-state index in [9.17, 15) is 4.79 Å². The number of nitrogens with zero attached hydrogens (tertiary/aromatic N) is 1. The predicted molar refractivity (Wildman–Crippen MR) is 114 cm³/mol. The zero-order valence-corrected chi connectivity index (χ0v) is 17.6. The van der Waals surface area contributed by atoms with Crippen molar-refractivity contribution in [2.75, 3.05) is 34.1 Å². The highest BCUT2D eigenvalue weighted by molar-refractivity contribution is 5.94. The first-order valence-corrected chi connectivity index (χ1v) is 10.2. The van der Waals surface area contributed by atoms with Crippen molar-refractivity contribution in [3.63, 3.8) is 0 Å². The van der Waals surface area contributed by atoms with Crippen molar-refractivity contribution in [1.82, 2.24) is 4.90 Å². The lowest BCUT2D eigenvalue weighted by molar-refractivity contribution is -0.115. The minimum atomic E-state index is -0.0734. The second-order valence-electron chi connectivity index (χ2n) is 7.47. The summed E-state index contributed by atoms with van der Waals surface area (Å²) in [6, 6.07) is 9.66. The summed E-state index contributed by atoms with van der Waals surface area (Å²) in [5.74, 6) is 2.92. The fourth-order valence-corrected chi connectivity index (χ4v) is 4.07. The number of rotatable bonds is 7. The first kappa shape index (κ1) is 20.3. The molecule has 0 aliphatic carbocycles. The average molecular weight is 409 g/mol. The molecule has 2 aromatic carbocycles. The van der Waals surface area contributed by atoms with Gasteiger partial charge in [-0.1, -0.05) is 18.2 Å². The van der Waals surface area contributed by atoms with E-state index in [1.807, 2.05) is 50.4 Å². The number of allylic oxidation sites excluding steroid dienone is 1. The topological polar surface area (TPSA) is 57.2 Å². The summed E-state index contributed by atoms with van der Waals surface area (Å²) in [6.07, 6.45) is 4.74. The van der Waals surface area contributed by atoms with E-state index in [2.05, 4.69) is 4.90 Å². The Bertz CT molecular complexity index is 951. The summed E-state index contributed by atoms with van der Waals surface area (Å²) >= 11 is 0. The number of carbonyl (C=O) groups is 1. The number of likely N-dealkylation sites (N-methyl/N-ethyl adjacent to an activating group) is 1. The predicted octanol–water partition coefficient (Wildman–Crippen LogP) is 4.02. The van der Waals surface area contributed by atoms with E-state index in [1.165, 1.54) is 0 Å². The van der Waals surface area contributed by atoms with Crippen LogP contribution in [0.3, 0.4) is 0 Å². The Morgan fingerprint density at radius 3 is 2.80 bits per heavy atom. The highest BCUT2D eigenvalue weighted by Gasteiger charge is 2.34. The zero-order chi connectivity index (χ0) is 21.1. The van der Waals surface area contributed by atoms with Gasteiger partial charge >= 0.3 is 0 Å². The van der Waals surface area contributed by atoms with E-state index < -0.39 is 0 Å². The molecule has 30 heavy (non-hydrogen) atoms. The van der Waals surface area contributed by atoms with Gasteiger partial charge in [0.15, 0.2) is 17.3 Å². The number of methoxy groups -OCH3 is 1. The van der Waals surface area contributed by atoms with E-state index in [0.29, 0.717) is 24.5 Å². The molecular formula is C24H27NO5. The van der Waals surface area contributed by atoms with E-state index in [4.69, 9.17) is 18.9 Å². The Balaban J connectivity index is 1.54. The van der Waals surface area contributed by atoms with Gasteiger partial charge in [-0.25, -0.2) is 0 Å². The maximum Gasteiger partial charge on any atom is 0.231 e. The van der Waals surface area contributed by atoms with Gasteiger partial charge in [0.25, 0.3) is 0 Å². The van der Waals surface area contributed by atoms with Crippen molar-refractivity contribution in [3.8, 4) is 23.0 Å². The van der Waals surface area contributed by atoms with Crippen molar-refractivity contribution in [3.05, 3.63) is 53.1 Å². The van der Waals surface area contributed by atoms with Crippen LogP contribution in [0.15, 0.2) is 36.4 Å². The van der Waals surface area contributed by atoms with Gasteiger partial charge in [0, 0.05) is 24.6 Å². The van der Waals surface area contributed by atoms with E-state index in [1.54, 1.807) is 13.2 Å². The molecule has 0 N–H and O–H groups in total. The largest absolute Gasteiger partial charge is 0.494 e. The van der Waals surface area contributed by atoms with Gasteiger partial charge in [-0.05, 0) is 55.8 Å². The smallest absolute Gasteiger partial charge is 0.231 e. The maximum absolute atomic E-state index is 12.8. The highest BCUT2D eigenvalue weighted by atomic mass is 16.7. The van der Waals surface area contributed by atoms with E-state index >= 15 is 0 Å². The quantitative estimate of drug-likeness (QED) is 0.644. The maximum atomic E-state index is 12.8. The summed E-state index contributed by atoms with van der Waals surface area (Å²) in [6.45, 7) is 3.65. The molecule has 0 aromatic heterocycles. The van der Waals surface area contributed by atoms with Gasteiger partial charge in [-0.3, -0.25) is 9.69 Å². The molecule has 0 bridgehead atoms. The van der Waals surface area contributed by atoms with Crippen LogP contribution < -0.4 is 18.9 Å². The third-order valence-electron chi connectivity index (χ3n) is 5.59. The van der Waals surface area contributed by atoms with Gasteiger partial charge in [-0.2, -0.15) is 0 Å². The first-order valence-electron chi connectivity index (χ1n) is 10.2. The molecule has 0 amide bonds. The van der Waals surface area contributed by atoms with Crippen LogP contribution in [0.5, 0.6) is 23.0 Å². The lowest BCUT2D eigenvalue weighted by Crippen LogP contribution is -2.33. The SMILES string of the molecule is CCOc1ccc(/C=C/C(=O)CC2c3c(cc4c(c3OC)OCO4)CCN2C)cc1. The van der Waals surface area contributed by atoms with Crippen LogP contribution in [-0.4, -0.2) is 44.8 Å². The van der Waals surface area contributed by atoms with Crippen molar-refractivity contribution >= 4 is 11.9 Å². The fraction of sp³-hybridized carbons (Fsp3) is 0.375. The Morgan fingerprint density at radius 1 is 1.27 bits per heavy atom. The van der Waals surface area contributed by atoms with E-state index in [0.717, 1.165) is 41.2 Å². The molecule has 0 fully saturated rings. The van der Waals surface area contributed by atoms with Crippen LogP contribution in [-0.2, 0) is 11.2 Å². The molecule has 2 aliphatic heterocycles. The molecule has 2 heterocycles. The standard InChI is InChI=1S/C24H27NO5/c1-4-28-19-9-6-16(7-10-19)5-8-18(26)14-20-22-17(11-12-25(20)2)13-21-23(24(22)27-3)30-15-29-21/h5-10,13,20H,4,11-12,14-15H2,1-3H3/b8-5+. The normalized spacial score (nSPS) is 17.8. The van der Waals surface area contributed by atoms with Crippen molar-refractivity contribution in [2.45, 2.75) is 25.8 Å². The monoisotopic (exact) mass is 409 g/mol. The molecule has 6 heteroatoms. The van der Waals surface area contributed by atoms with Crippen LogP contribution in [0.1, 0.15) is 36.1 Å². The molecule has 0 saturated carbocycles. The van der Waals surface area contributed by atoms with Crippen LogP contribution in [0.4, 0.5) is 0 Å². The molecule has 4 rings (SSSR count). The number of hydrogen-bond donors (Lipinski definition) is 0. The number of ketones is 1. The molecule has 158 valence electrons. The lowest BCUT2D eigenvalue weighted by atomic mass is 9.88. The molecule has 0 spiro atoms. The summed E-state index contributed by atoms with van der Waals surface area (Å²) in [4.78, 5) is 15.0. The van der Waals surface area contributed by atoms with Crippen molar-refractivity contribution < 1.29 is 23.7 Å². The van der Waals surface area contributed by atoms with Crippen LogP contribution in [0, 0.1) is 0 Å². The Kier molecular flexibility index (Phi) is 5.95. The molecule has 1 atom stereocenters. The van der Waals surface area contributed by atoms with E-state index in [-0.39, 0.29) is 18.6 Å². The highest BCUT2D eigenvalue weighted by Crippen LogP contribution is 2.50. The van der Waals surface area contributed by atoms with Gasteiger partial charge in [0.05, 0.1) is 13.7 Å². The lowest BCUT2D eigenvalue weighted by Gasteiger charge is -2.35. The fourth-order valence-electron chi connectivity index (χ4n) is 4.07. The number of ether oxygens (including phenoxy) is 4. The van der Waals surface area contributed by atoms with Gasteiger partial charge in [0.1, 0.15) is 5.75 Å². The molecule has 0 saturated heterocycles. The molecule has 2 aromatic rings. The summed E-state index contributed by atoms with van der Waals surface area (Å²) in [5.41, 5.74) is 3.14. The molecule has 1 unspecified atom stereocenters. The second-order valence-corrected chi connectivity index (χ2v) is 7.47. The van der Waals surface area contributed by atoms with Gasteiger partial charge < -0.3 is 18.9 Å². The Morgan fingerprint density at radius 2 is 2.07 bits per heavy atom. The number of carbonyl (C=O) groups excluding carboxylic acids is 1. The third-order valence-corrected chi connectivity index (χ3v) is 5.59. The minimum absolute atomic E-state index is 0.0632. The molecule has 2 aliphatic rings. The average Bonchev–Trinajstić information content (AvgIpc) is 3.22. The first-order chi connectivity index (χ1) is 14.6. The van der Waals surface area contributed by atoms with Crippen molar-refractivity contribution in [2.24, 2.45) is 0 Å². The number of hydrogen-bond acceptors (Lipinski definition) is 6. The zero-order valence-electron chi connectivity index (χ0n) is 17.6. The molecular weight excluding hydrogens is 382 g/mol. The van der Waals surface area contributed by atoms with Gasteiger partial charge in [0.2, 0.25) is 12.5 Å². The van der Waals surface area contributed by atoms with Crippen LogP contribution in [0.2, 0.25) is 0 Å². The Hall–Kier alpha value is -2.99.